The molecule has 0 aliphatic carbocycles. The second-order valence-corrected chi connectivity index (χ2v) is 3.34. The van der Waals surface area contributed by atoms with Gasteiger partial charge in [-0.25, -0.2) is 0 Å². The number of aromatic nitrogens is 1. The van der Waals surface area contributed by atoms with Gasteiger partial charge in [-0.2, -0.15) is 10.2 Å². The topological polar surface area (TPSA) is 55.1 Å². The summed E-state index contributed by atoms with van der Waals surface area (Å²) in [6, 6.07) is 2.83. The molecule has 0 bridgehead atoms. The standard InChI is InChI=1S/C8H4BrF3N2O2/c1-15-6-5(9)2-4(3-13)14-7(6)16-8(10,11)12/h2H,1H3. The number of methoxy groups -OCH3 is 1. The highest BCUT2D eigenvalue weighted by Gasteiger charge is 2.34. The van der Waals surface area contributed by atoms with Gasteiger partial charge in [-0.05, 0) is 22.0 Å². The zero-order valence-electron chi connectivity index (χ0n) is 7.80. The normalized spacial score (nSPS) is 10.8. The highest BCUT2D eigenvalue weighted by atomic mass is 79.9. The van der Waals surface area contributed by atoms with Crippen LogP contribution in [0.25, 0.3) is 0 Å². The number of pyridine rings is 1. The Morgan fingerprint density at radius 3 is 2.56 bits per heavy atom. The molecule has 8 heteroatoms. The molecule has 0 saturated heterocycles. The third-order valence-electron chi connectivity index (χ3n) is 1.43. The molecule has 0 amide bonds. The van der Waals surface area contributed by atoms with Crippen LogP contribution in [0.1, 0.15) is 5.69 Å². The molecule has 0 unspecified atom stereocenters. The first-order valence-corrected chi connectivity index (χ1v) is 4.57. The number of alkyl halides is 3. The quantitative estimate of drug-likeness (QED) is 0.842. The van der Waals surface area contributed by atoms with Gasteiger partial charge in [0.1, 0.15) is 11.8 Å². The van der Waals surface area contributed by atoms with E-state index in [9.17, 15) is 13.2 Å². The number of halogens is 4. The van der Waals surface area contributed by atoms with Crippen molar-refractivity contribution in [2.45, 2.75) is 6.36 Å². The summed E-state index contributed by atoms with van der Waals surface area (Å²) < 4.78 is 44.5. The van der Waals surface area contributed by atoms with Crippen molar-refractivity contribution in [3.8, 4) is 17.7 Å². The fourth-order valence-electron chi connectivity index (χ4n) is 0.901. The number of ether oxygens (including phenoxy) is 2. The van der Waals surface area contributed by atoms with Crippen LogP contribution in [0, 0.1) is 11.3 Å². The molecule has 0 aromatic carbocycles. The summed E-state index contributed by atoms with van der Waals surface area (Å²) in [6.07, 6.45) is -4.90. The average molecular weight is 297 g/mol. The van der Waals surface area contributed by atoms with E-state index in [-0.39, 0.29) is 15.9 Å². The summed E-state index contributed by atoms with van der Waals surface area (Å²) in [4.78, 5) is 3.35. The van der Waals surface area contributed by atoms with Crippen LogP contribution in [0.3, 0.4) is 0 Å². The molecule has 0 aliphatic rings. The first kappa shape index (κ1) is 12.6. The summed E-state index contributed by atoms with van der Waals surface area (Å²) in [5, 5.41) is 8.54. The van der Waals surface area contributed by atoms with E-state index in [1.807, 2.05) is 0 Å². The fraction of sp³-hybridized carbons (Fsp3) is 0.250. The van der Waals surface area contributed by atoms with Gasteiger partial charge in [-0.15, -0.1) is 13.2 Å². The van der Waals surface area contributed by atoms with Crippen LogP contribution in [0.4, 0.5) is 13.2 Å². The zero-order valence-corrected chi connectivity index (χ0v) is 9.39. The number of hydrogen-bond acceptors (Lipinski definition) is 4. The van der Waals surface area contributed by atoms with E-state index < -0.39 is 12.2 Å². The van der Waals surface area contributed by atoms with Crippen molar-refractivity contribution in [2.75, 3.05) is 7.11 Å². The Morgan fingerprint density at radius 1 is 1.50 bits per heavy atom. The van der Waals surface area contributed by atoms with Crippen molar-refractivity contribution in [3.63, 3.8) is 0 Å². The van der Waals surface area contributed by atoms with E-state index >= 15 is 0 Å². The van der Waals surface area contributed by atoms with Crippen LogP contribution in [0.5, 0.6) is 11.6 Å². The molecule has 1 aromatic rings. The average Bonchev–Trinajstić information content (AvgIpc) is 2.14. The Bertz CT molecular complexity index is 442. The van der Waals surface area contributed by atoms with Gasteiger partial charge in [0.25, 0.3) is 5.88 Å². The monoisotopic (exact) mass is 296 g/mol. The van der Waals surface area contributed by atoms with Crippen LogP contribution >= 0.6 is 15.9 Å². The lowest BCUT2D eigenvalue weighted by Crippen LogP contribution is -2.18. The van der Waals surface area contributed by atoms with Crippen molar-refractivity contribution in [2.24, 2.45) is 0 Å². The highest BCUT2D eigenvalue weighted by Crippen LogP contribution is 2.36. The maximum absolute atomic E-state index is 12.0. The minimum Gasteiger partial charge on any atom is -0.490 e. The molecule has 4 nitrogen and oxygen atoms in total. The van der Waals surface area contributed by atoms with E-state index in [1.165, 1.54) is 6.07 Å². The van der Waals surface area contributed by atoms with Crippen molar-refractivity contribution >= 4 is 15.9 Å². The molecule has 1 heterocycles. The summed E-state index contributed by atoms with van der Waals surface area (Å²) in [6.45, 7) is 0. The molecule has 0 radical (unpaired) electrons. The number of rotatable bonds is 2. The largest absolute Gasteiger partial charge is 0.574 e. The lowest BCUT2D eigenvalue weighted by Gasteiger charge is -2.12. The maximum Gasteiger partial charge on any atom is 0.574 e. The Hall–Kier alpha value is -1.49. The van der Waals surface area contributed by atoms with E-state index in [1.54, 1.807) is 6.07 Å². The Morgan fingerprint density at radius 2 is 2.12 bits per heavy atom. The first-order valence-electron chi connectivity index (χ1n) is 3.77. The van der Waals surface area contributed by atoms with Crippen LogP contribution in [-0.2, 0) is 0 Å². The molecule has 0 fully saturated rings. The molecular weight excluding hydrogens is 293 g/mol. The van der Waals surface area contributed by atoms with Gasteiger partial charge in [-0.3, -0.25) is 0 Å². The van der Waals surface area contributed by atoms with Crippen molar-refractivity contribution < 1.29 is 22.6 Å². The third-order valence-corrected chi connectivity index (χ3v) is 2.02. The molecule has 0 atom stereocenters. The van der Waals surface area contributed by atoms with Gasteiger partial charge in [0.05, 0.1) is 11.6 Å². The molecule has 1 rings (SSSR count). The van der Waals surface area contributed by atoms with Crippen LogP contribution in [-0.4, -0.2) is 18.5 Å². The molecule has 86 valence electrons. The molecule has 16 heavy (non-hydrogen) atoms. The van der Waals surface area contributed by atoms with Crippen molar-refractivity contribution in [1.29, 1.82) is 5.26 Å². The molecule has 0 N–H and O–H groups in total. The van der Waals surface area contributed by atoms with E-state index in [0.29, 0.717) is 0 Å². The van der Waals surface area contributed by atoms with Crippen molar-refractivity contribution in [1.82, 2.24) is 4.98 Å². The highest BCUT2D eigenvalue weighted by molar-refractivity contribution is 9.10. The van der Waals surface area contributed by atoms with Crippen molar-refractivity contribution in [3.05, 3.63) is 16.2 Å². The predicted molar refractivity (Wildman–Crippen MR) is 49.9 cm³/mol. The Kier molecular flexibility index (Phi) is 3.59. The van der Waals surface area contributed by atoms with Gasteiger partial charge in [0, 0.05) is 0 Å². The minimum absolute atomic E-state index is 0.154. The van der Waals surface area contributed by atoms with Gasteiger partial charge in [0.2, 0.25) is 0 Å². The summed E-state index contributed by atoms with van der Waals surface area (Å²) in [5.74, 6) is -1.03. The lowest BCUT2D eigenvalue weighted by atomic mass is 10.3. The number of nitrogens with zero attached hydrogens (tertiary/aromatic N) is 2. The first-order chi connectivity index (χ1) is 7.37. The molecule has 0 spiro atoms. The SMILES string of the molecule is COc1c(Br)cc(C#N)nc1OC(F)(F)F. The smallest absolute Gasteiger partial charge is 0.490 e. The summed E-state index contributed by atoms with van der Waals surface area (Å²) >= 11 is 2.94. The molecule has 1 aromatic heterocycles. The van der Waals surface area contributed by atoms with Gasteiger partial charge >= 0.3 is 6.36 Å². The summed E-state index contributed by atoms with van der Waals surface area (Å²) in [5.41, 5.74) is -0.216. The Balaban J connectivity index is 3.24. The van der Waals surface area contributed by atoms with Gasteiger partial charge < -0.3 is 9.47 Å². The van der Waals surface area contributed by atoms with Crippen LogP contribution < -0.4 is 9.47 Å². The predicted octanol–water partition coefficient (Wildman–Crippen LogP) is 2.62. The van der Waals surface area contributed by atoms with E-state index in [4.69, 9.17) is 5.26 Å². The number of hydrogen-bond donors (Lipinski definition) is 0. The zero-order chi connectivity index (χ0) is 12.3. The van der Waals surface area contributed by atoms with Gasteiger partial charge in [-0.1, -0.05) is 0 Å². The van der Waals surface area contributed by atoms with E-state index in [0.717, 1.165) is 7.11 Å². The maximum atomic E-state index is 12.0. The van der Waals surface area contributed by atoms with E-state index in [2.05, 4.69) is 30.4 Å². The van der Waals surface area contributed by atoms with Crippen LogP contribution in [0.15, 0.2) is 10.5 Å². The van der Waals surface area contributed by atoms with Crippen LogP contribution in [0.2, 0.25) is 0 Å². The second kappa shape index (κ2) is 4.57. The number of nitriles is 1. The summed E-state index contributed by atoms with van der Waals surface area (Å²) in [7, 11) is 1.16. The third kappa shape index (κ3) is 3.00. The minimum atomic E-state index is -4.90. The lowest BCUT2D eigenvalue weighted by molar-refractivity contribution is -0.276. The molecular formula is C8H4BrF3N2O2. The second-order valence-electron chi connectivity index (χ2n) is 2.49. The Labute approximate surface area is 96.7 Å². The molecule has 0 aliphatic heterocycles. The molecule has 0 saturated carbocycles. The fourth-order valence-corrected chi connectivity index (χ4v) is 1.45. The van der Waals surface area contributed by atoms with Gasteiger partial charge in [0.15, 0.2) is 5.75 Å².